The Balaban J connectivity index is 1.79. The summed E-state index contributed by atoms with van der Waals surface area (Å²) in [5.74, 6) is 1.01. The topological polar surface area (TPSA) is 83.4 Å². The molecular formula is C22H25N3O2. The molecule has 0 spiro atoms. The van der Waals surface area contributed by atoms with E-state index in [0.717, 1.165) is 22.3 Å². The molecule has 1 aromatic heterocycles. The molecule has 0 atom stereocenters. The predicted octanol–water partition coefficient (Wildman–Crippen LogP) is 3.56. The molecular weight excluding hydrogens is 338 g/mol. The van der Waals surface area contributed by atoms with Crippen molar-refractivity contribution in [1.29, 1.82) is 0 Å². The number of pyridine rings is 1. The minimum absolute atomic E-state index is 0.375. The van der Waals surface area contributed by atoms with Crippen molar-refractivity contribution in [3.8, 4) is 22.9 Å². The molecule has 3 aromatic rings. The van der Waals surface area contributed by atoms with E-state index < -0.39 is 0 Å². The highest BCUT2D eigenvalue weighted by atomic mass is 16.5. The van der Waals surface area contributed by atoms with E-state index >= 15 is 0 Å². The standard InChI is InChI=1S/C22H25N3O2/c1-15-18(12-23)7-4-8-20(15)17-6-3-5-16(11-17)14-27-21-10-9-19(13-24)22(25-21)26-2/h3-11H,12-14,23-24H2,1-2H3. The fourth-order valence-electron chi connectivity index (χ4n) is 3.07. The van der Waals surface area contributed by atoms with Crippen LogP contribution in [0.1, 0.15) is 22.3 Å². The molecule has 0 unspecified atom stereocenters. The van der Waals surface area contributed by atoms with Gasteiger partial charge >= 0.3 is 0 Å². The molecule has 0 aliphatic heterocycles. The second-order valence-corrected chi connectivity index (χ2v) is 6.30. The summed E-state index contributed by atoms with van der Waals surface area (Å²) in [5.41, 5.74) is 18.1. The summed E-state index contributed by atoms with van der Waals surface area (Å²) in [5, 5.41) is 0. The summed E-state index contributed by atoms with van der Waals surface area (Å²) >= 11 is 0. The van der Waals surface area contributed by atoms with E-state index in [1.807, 2.05) is 30.3 Å². The van der Waals surface area contributed by atoms with Gasteiger partial charge in [0.05, 0.1) is 7.11 Å². The van der Waals surface area contributed by atoms with Crippen molar-refractivity contribution in [2.75, 3.05) is 7.11 Å². The zero-order valence-corrected chi connectivity index (χ0v) is 15.7. The van der Waals surface area contributed by atoms with Crippen molar-refractivity contribution in [2.45, 2.75) is 26.6 Å². The lowest BCUT2D eigenvalue weighted by atomic mass is 9.95. The molecule has 0 saturated carbocycles. The lowest BCUT2D eigenvalue weighted by molar-refractivity contribution is 0.286. The van der Waals surface area contributed by atoms with Gasteiger partial charge in [-0.25, -0.2) is 0 Å². The molecule has 0 aliphatic rings. The maximum atomic E-state index is 5.85. The molecule has 0 radical (unpaired) electrons. The third-order valence-corrected chi connectivity index (χ3v) is 4.62. The molecule has 3 rings (SSSR count). The van der Waals surface area contributed by atoms with Gasteiger partial charge in [-0.05, 0) is 46.9 Å². The Kier molecular flexibility index (Phi) is 6.06. The minimum Gasteiger partial charge on any atom is -0.481 e. The maximum Gasteiger partial charge on any atom is 0.220 e. The molecule has 5 heteroatoms. The summed E-state index contributed by atoms with van der Waals surface area (Å²) in [7, 11) is 1.58. The summed E-state index contributed by atoms with van der Waals surface area (Å²) < 4.78 is 11.1. The number of nitrogens with two attached hydrogens (primary N) is 2. The Morgan fingerprint density at radius 2 is 1.70 bits per heavy atom. The van der Waals surface area contributed by atoms with Crippen LogP contribution in [0, 0.1) is 6.92 Å². The van der Waals surface area contributed by atoms with Crippen LogP contribution in [-0.2, 0) is 19.7 Å². The number of aromatic nitrogens is 1. The van der Waals surface area contributed by atoms with Crippen molar-refractivity contribution in [2.24, 2.45) is 11.5 Å². The molecule has 0 aliphatic carbocycles. The Labute approximate surface area is 159 Å². The normalized spacial score (nSPS) is 10.7. The Morgan fingerprint density at radius 1 is 0.926 bits per heavy atom. The fraction of sp³-hybridized carbons (Fsp3) is 0.227. The van der Waals surface area contributed by atoms with Crippen LogP contribution in [0.25, 0.3) is 11.1 Å². The van der Waals surface area contributed by atoms with Gasteiger partial charge in [0.25, 0.3) is 0 Å². The van der Waals surface area contributed by atoms with Crippen LogP contribution in [0.3, 0.4) is 0 Å². The van der Waals surface area contributed by atoms with Crippen molar-refractivity contribution in [3.05, 3.63) is 76.9 Å². The van der Waals surface area contributed by atoms with E-state index in [0.29, 0.717) is 31.5 Å². The zero-order chi connectivity index (χ0) is 19.2. The van der Waals surface area contributed by atoms with Crippen LogP contribution in [0.15, 0.2) is 54.6 Å². The molecule has 0 amide bonds. The first-order valence-electron chi connectivity index (χ1n) is 8.91. The Bertz CT molecular complexity index is 925. The largest absolute Gasteiger partial charge is 0.481 e. The number of hydrogen-bond donors (Lipinski definition) is 2. The quantitative estimate of drug-likeness (QED) is 0.670. The number of hydrogen-bond acceptors (Lipinski definition) is 5. The van der Waals surface area contributed by atoms with Gasteiger partial charge in [-0.2, -0.15) is 4.98 Å². The molecule has 27 heavy (non-hydrogen) atoms. The molecule has 2 aromatic carbocycles. The first-order valence-corrected chi connectivity index (χ1v) is 8.91. The van der Waals surface area contributed by atoms with E-state index in [1.54, 1.807) is 7.11 Å². The molecule has 4 N–H and O–H groups in total. The van der Waals surface area contributed by atoms with Gasteiger partial charge in [0.1, 0.15) is 6.61 Å². The molecule has 5 nitrogen and oxygen atoms in total. The van der Waals surface area contributed by atoms with Gasteiger partial charge in [0.15, 0.2) is 0 Å². The summed E-state index contributed by atoms with van der Waals surface area (Å²) in [6.07, 6.45) is 0. The number of rotatable bonds is 7. The molecule has 0 saturated heterocycles. The monoisotopic (exact) mass is 363 g/mol. The number of methoxy groups -OCH3 is 1. The average Bonchev–Trinajstić information content (AvgIpc) is 2.72. The van der Waals surface area contributed by atoms with Crippen molar-refractivity contribution < 1.29 is 9.47 Å². The van der Waals surface area contributed by atoms with Crippen LogP contribution in [0.2, 0.25) is 0 Å². The second kappa shape index (κ2) is 8.66. The highest BCUT2D eigenvalue weighted by Gasteiger charge is 2.08. The zero-order valence-electron chi connectivity index (χ0n) is 15.7. The first-order chi connectivity index (χ1) is 13.2. The van der Waals surface area contributed by atoms with E-state index in [1.165, 1.54) is 11.1 Å². The van der Waals surface area contributed by atoms with Crippen molar-refractivity contribution in [1.82, 2.24) is 4.98 Å². The third kappa shape index (κ3) is 4.27. The van der Waals surface area contributed by atoms with Crippen molar-refractivity contribution >= 4 is 0 Å². The minimum atomic E-state index is 0.375. The van der Waals surface area contributed by atoms with Crippen LogP contribution in [0.5, 0.6) is 11.8 Å². The lowest BCUT2D eigenvalue weighted by Gasteiger charge is -2.12. The number of nitrogens with zero attached hydrogens (tertiary/aromatic N) is 1. The van der Waals surface area contributed by atoms with Crippen molar-refractivity contribution in [3.63, 3.8) is 0 Å². The van der Waals surface area contributed by atoms with Crippen LogP contribution >= 0.6 is 0 Å². The molecule has 1 heterocycles. The average molecular weight is 363 g/mol. The number of benzene rings is 2. The summed E-state index contributed by atoms with van der Waals surface area (Å²) in [6, 6.07) is 18.2. The third-order valence-electron chi connectivity index (χ3n) is 4.62. The van der Waals surface area contributed by atoms with Crippen LogP contribution in [-0.4, -0.2) is 12.1 Å². The SMILES string of the molecule is COc1nc(OCc2cccc(-c3cccc(CN)c3C)c2)ccc1CN. The van der Waals surface area contributed by atoms with E-state index in [-0.39, 0.29) is 0 Å². The lowest BCUT2D eigenvalue weighted by Crippen LogP contribution is -2.04. The first kappa shape index (κ1) is 18.9. The van der Waals surface area contributed by atoms with E-state index in [9.17, 15) is 0 Å². The van der Waals surface area contributed by atoms with Gasteiger partial charge in [0.2, 0.25) is 11.8 Å². The summed E-state index contributed by atoms with van der Waals surface area (Å²) in [6.45, 7) is 3.44. The Morgan fingerprint density at radius 3 is 2.44 bits per heavy atom. The maximum absolute atomic E-state index is 5.85. The smallest absolute Gasteiger partial charge is 0.220 e. The van der Waals surface area contributed by atoms with Gasteiger partial charge < -0.3 is 20.9 Å². The van der Waals surface area contributed by atoms with Crippen LogP contribution in [0.4, 0.5) is 0 Å². The van der Waals surface area contributed by atoms with Gasteiger partial charge in [-0.3, -0.25) is 0 Å². The van der Waals surface area contributed by atoms with Gasteiger partial charge in [-0.15, -0.1) is 0 Å². The Hall–Kier alpha value is -2.89. The second-order valence-electron chi connectivity index (χ2n) is 6.30. The highest BCUT2D eigenvalue weighted by Crippen LogP contribution is 2.27. The number of ether oxygens (including phenoxy) is 2. The molecule has 0 bridgehead atoms. The van der Waals surface area contributed by atoms with E-state index in [2.05, 4.69) is 36.2 Å². The predicted molar refractivity (Wildman–Crippen MR) is 108 cm³/mol. The highest BCUT2D eigenvalue weighted by molar-refractivity contribution is 5.69. The molecule has 140 valence electrons. The molecule has 0 fully saturated rings. The van der Waals surface area contributed by atoms with Gasteiger partial charge in [0, 0.05) is 24.7 Å². The van der Waals surface area contributed by atoms with Gasteiger partial charge in [-0.1, -0.05) is 36.4 Å². The fourth-order valence-corrected chi connectivity index (χ4v) is 3.07. The summed E-state index contributed by atoms with van der Waals surface area (Å²) in [4.78, 5) is 4.36. The van der Waals surface area contributed by atoms with E-state index in [4.69, 9.17) is 20.9 Å². The van der Waals surface area contributed by atoms with Crippen LogP contribution < -0.4 is 20.9 Å².